The zero-order valence-corrected chi connectivity index (χ0v) is 29.9. The summed E-state index contributed by atoms with van der Waals surface area (Å²) in [6.45, 7) is 16.2. The maximum atomic E-state index is 13.1. The van der Waals surface area contributed by atoms with Crippen LogP contribution in [0.2, 0.25) is 0 Å². The monoisotopic (exact) mass is 640 g/mol. The van der Waals surface area contributed by atoms with Crippen LogP contribution in [0, 0.1) is 52.3 Å². The molecule has 1 spiro atoms. The molecule has 4 saturated carbocycles. The van der Waals surface area contributed by atoms with Crippen LogP contribution in [-0.4, -0.2) is 104 Å². The molecule has 0 aromatic carbocycles. The van der Waals surface area contributed by atoms with E-state index in [1.807, 2.05) is 4.90 Å². The molecule has 7 aliphatic rings. The Kier molecular flexibility index (Phi) is 9.11. The van der Waals surface area contributed by atoms with Crippen molar-refractivity contribution in [3.8, 4) is 0 Å². The molecule has 8 nitrogen and oxygen atoms in total. The Morgan fingerprint density at radius 3 is 2.37 bits per heavy atom. The Morgan fingerprint density at radius 2 is 1.65 bits per heavy atom. The first-order valence-electron chi connectivity index (χ1n) is 19.2. The molecule has 0 radical (unpaired) electrons. The van der Waals surface area contributed by atoms with Crippen LogP contribution in [0.3, 0.4) is 0 Å². The third-order valence-corrected chi connectivity index (χ3v) is 15.2. The molecular formula is C38H64N4O4. The maximum absolute atomic E-state index is 13.1. The summed E-state index contributed by atoms with van der Waals surface area (Å²) in [5.74, 6) is 4.36. The second-order valence-corrected chi connectivity index (χ2v) is 17.9. The summed E-state index contributed by atoms with van der Waals surface area (Å²) in [6, 6.07) is 0.209. The molecule has 0 aromatic rings. The largest absolute Gasteiger partial charge is 0.353 e. The number of amides is 2. The third kappa shape index (κ3) is 5.77. The Hall–Kier alpha value is -1.22. The van der Waals surface area contributed by atoms with Crippen LogP contribution in [-0.2, 0) is 19.1 Å². The van der Waals surface area contributed by atoms with Gasteiger partial charge in [0.25, 0.3) is 0 Å². The minimum Gasteiger partial charge on any atom is -0.353 e. The van der Waals surface area contributed by atoms with Crippen LogP contribution in [0.25, 0.3) is 0 Å². The van der Waals surface area contributed by atoms with Crippen molar-refractivity contribution in [2.45, 2.75) is 116 Å². The number of ether oxygens (including phenoxy) is 2. The summed E-state index contributed by atoms with van der Waals surface area (Å²) >= 11 is 0. The van der Waals surface area contributed by atoms with E-state index in [9.17, 15) is 9.59 Å². The van der Waals surface area contributed by atoms with Gasteiger partial charge in [-0.05, 0) is 118 Å². The molecule has 12 atom stereocenters. The second kappa shape index (κ2) is 12.6. The highest BCUT2D eigenvalue weighted by molar-refractivity contribution is 5.97. The predicted octanol–water partition coefficient (Wildman–Crippen LogP) is 5.01. The van der Waals surface area contributed by atoms with Gasteiger partial charge in [0.2, 0.25) is 11.8 Å². The molecule has 3 aliphatic heterocycles. The Bertz CT molecular complexity index is 1130. The van der Waals surface area contributed by atoms with Gasteiger partial charge in [0.15, 0.2) is 5.79 Å². The lowest BCUT2D eigenvalue weighted by Crippen LogP contribution is -2.56. The van der Waals surface area contributed by atoms with Gasteiger partial charge in [-0.2, -0.15) is 0 Å². The number of nitrogens with one attached hydrogen (secondary N) is 1. The first-order valence-corrected chi connectivity index (χ1v) is 19.2. The maximum Gasteiger partial charge on any atom is 0.232 e. The Balaban J connectivity index is 0.917. The Labute approximate surface area is 279 Å². The van der Waals surface area contributed by atoms with E-state index in [0.717, 1.165) is 82.9 Å². The lowest BCUT2D eigenvalue weighted by molar-refractivity contribution is -0.273. The first-order chi connectivity index (χ1) is 21.9. The standard InChI is InChI=1S/C38H64N4O4/c1-25-9-14-38(45-24-25)26(2)35-32(46-38)22-31-29-8-7-27-21-28(10-12-36(27,3)30(29)11-13-37(31,35)4)39-33(43)23-34(44)42-19-17-41(18-20-42)16-15-40(5)6/h25-32,35H,7-24H2,1-6H3,(H,39,43)/t25-,26-,27+,28+,29+,30-,31-,32-,35-,36-,37-,38+/m0/s1. The van der Waals surface area contributed by atoms with Gasteiger partial charge in [0.1, 0.15) is 6.42 Å². The number of nitrogens with zero attached hydrogens (tertiary/aromatic N) is 3. The van der Waals surface area contributed by atoms with Crippen molar-refractivity contribution >= 4 is 11.8 Å². The summed E-state index contributed by atoms with van der Waals surface area (Å²) in [5.41, 5.74) is 0.725. The van der Waals surface area contributed by atoms with Gasteiger partial charge in [-0.25, -0.2) is 0 Å². The SMILES string of the molecule is C[C@H]1CC[C@@]2(OC1)O[C@H]1C[C@H]3[C@@H]4CC[C@@H]5C[C@H](NC(=O)CC(=O)N6CCN(CCN(C)C)CC6)CC[C@]5(C)[C@H]4CC[C@]3(C)[C@H]1[C@@H]2C. The van der Waals surface area contributed by atoms with E-state index in [1.54, 1.807) is 0 Å². The van der Waals surface area contributed by atoms with Gasteiger partial charge >= 0.3 is 0 Å². The van der Waals surface area contributed by atoms with Crippen LogP contribution in [0.4, 0.5) is 0 Å². The Morgan fingerprint density at radius 1 is 0.891 bits per heavy atom. The molecule has 46 heavy (non-hydrogen) atoms. The van der Waals surface area contributed by atoms with Crippen LogP contribution < -0.4 is 5.32 Å². The van der Waals surface area contributed by atoms with Gasteiger partial charge in [0.05, 0.1) is 12.7 Å². The topological polar surface area (TPSA) is 74.3 Å². The number of likely N-dealkylation sites (N-methyl/N-ethyl adjacent to an activating group) is 1. The summed E-state index contributed by atoms with van der Waals surface area (Å²) in [6.07, 6.45) is 12.5. The number of fused-ring (bicyclic) bond motifs is 7. The molecule has 7 fully saturated rings. The van der Waals surface area contributed by atoms with Gasteiger partial charge in [0, 0.05) is 57.6 Å². The molecule has 7 rings (SSSR count). The van der Waals surface area contributed by atoms with E-state index in [1.165, 1.54) is 44.9 Å². The van der Waals surface area contributed by atoms with Crippen molar-refractivity contribution in [2.24, 2.45) is 52.3 Å². The summed E-state index contributed by atoms with van der Waals surface area (Å²) in [5, 5.41) is 3.33. The van der Waals surface area contributed by atoms with E-state index in [4.69, 9.17) is 9.47 Å². The van der Waals surface area contributed by atoms with Crippen molar-refractivity contribution in [3.63, 3.8) is 0 Å². The molecule has 0 bridgehead atoms. The van der Waals surface area contributed by atoms with Gasteiger partial charge in [-0.1, -0.05) is 27.7 Å². The average molecular weight is 641 g/mol. The average Bonchev–Trinajstić information content (AvgIpc) is 3.47. The smallest absolute Gasteiger partial charge is 0.232 e. The van der Waals surface area contributed by atoms with E-state index in [0.29, 0.717) is 40.6 Å². The molecule has 1 N–H and O–H groups in total. The molecule has 3 saturated heterocycles. The number of carbonyl (C=O) groups excluding carboxylic acids is 2. The summed E-state index contributed by atoms with van der Waals surface area (Å²) in [7, 11) is 4.19. The van der Waals surface area contributed by atoms with Gasteiger partial charge in [-0.15, -0.1) is 0 Å². The van der Waals surface area contributed by atoms with Crippen molar-refractivity contribution < 1.29 is 19.1 Å². The van der Waals surface area contributed by atoms with Crippen LogP contribution in [0.1, 0.15) is 98.3 Å². The lowest BCUT2D eigenvalue weighted by Gasteiger charge is -2.61. The highest BCUT2D eigenvalue weighted by Crippen LogP contribution is 2.71. The second-order valence-electron chi connectivity index (χ2n) is 17.9. The molecule has 8 heteroatoms. The number of piperazine rings is 1. The van der Waals surface area contributed by atoms with E-state index < -0.39 is 0 Å². The van der Waals surface area contributed by atoms with Crippen LogP contribution >= 0.6 is 0 Å². The van der Waals surface area contributed by atoms with Crippen LogP contribution in [0.5, 0.6) is 0 Å². The zero-order chi connectivity index (χ0) is 32.4. The third-order valence-electron chi connectivity index (χ3n) is 15.2. The fourth-order valence-corrected chi connectivity index (χ4v) is 12.5. The fraction of sp³-hybridized carbons (Fsp3) is 0.947. The van der Waals surface area contributed by atoms with E-state index in [2.05, 4.69) is 56.9 Å². The molecule has 4 aliphatic carbocycles. The molecule has 0 aromatic heterocycles. The van der Waals surface area contributed by atoms with Crippen molar-refractivity contribution in [2.75, 3.05) is 60.0 Å². The molecule has 0 unspecified atom stereocenters. The number of rotatable bonds is 6. The lowest BCUT2D eigenvalue weighted by atomic mass is 9.44. The number of hydrogen-bond acceptors (Lipinski definition) is 6. The zero-order valence-electron chi connectivity index (χ0n) is 29.9. The fourth-order valence-electron chi connectivity index (χ4n) is 12.5. The van der Waals surface area contributed by atoms with E-state index >= 15 is 0 Å². The first kappa shape index (κ1) is 33.3. The molecule has 3 heterocycles. The van der Waals surface area contributed by atoms with Crippen LogP contribution in [0.15, 0.2) is 0 Å². The summed E-state index contributed by atoms with van der Waals surface area (Å²) in [4.78, 5) is 32.6. The molecule has 2 amide bonds. The quantitative estimate of drug-likeness (QED) is 0.412. The number of hydrogen-bond donors (Lipinski definition) is 1. The summed E-state index contributed by atoms with van der Waals surface area (Å²) < 4.78 is 13.5. The van der Waals surface area contributed by atoms with Crippen molar-refractivity contribution in [1.82, 2.24) is 20.0 Å². The highest BCUT2D eigenvalue weighted by Gasteiger charge is 2.69. The van der Waals surface area contributed by atoms with Crippen molar-refractivity contribution in [3.05, 3.63) is 0 Å². The minimum absolute atomic E-state index is 0.00469. The molecular weight excluding hydrogens is 576 g/mol. The van der Waals surface area contributed by atoms with E-state index in [-0.39, 0.29) is 30.1 Å². The normalized spacial score (nSPS) is 47.3. The minimum atomic E-state index is -0.329. The van der Waals surface area contributed by atoms with Gasteiger partial charge in [-0.3, -0.25) is 14.5 Å². The molecule has 260 valence electrons. The van der Waals surface area contributed by atoms with Crippen molar-refractivity contribution in [1.29, 1.82) is 0 Å². The predicted molar refractivity (Wildman–Crippen MR) is 180 cm³/mol. The number of carbonyl (C=O) groups is 2. The highest BCUT2D eigenvalue weighted by atomic mass is 16.7. The van der Waals surface area contributed by atoms with Gasteiger partial charge < -0.3 is 24.6 Å².